The average Bonchev–Trinajstić information content (AvgIpc) is 3.77. The van der Waals surface area contributed by atoms with Crippen molar-refractivity contribution in [3.05, 3.63) is 151 Å². The van der Waals surface area contributed by atoms with E-state index in [1.54, 1.807) is 13.8 Å². The zero-order valence-electron chi connectivity index (χ0n) is 27.9. The van der Waals surface area contributed by atoms with Gasteiger partial charge in [-0.05, 0) is 49.2 Å². The van der Waals surface area contributed by atoms with Gasteiger partial charge in [0.15, 0.2) is 11.6 Å². The lowest BCUT2D eigenvalue weighted by atomic mass is 9.93. The van der Waals surface area contributed by atoms with E-state index in [0.29, 0.717) is 34.9 Å². The summed E-state index contributed by atoms with van der Waals surface area (Å²) >= 11 is 0. The summed E-state index contributed by atoms with van der Waals surface area (Å²) < 4.78 is 107. The summed E-state index contributed by atoms with van der Waals surface area (Å²) in [5, 5.41) is 27.4. The van der Waals surface area contributed by atoms with E-state index in [4.69, 9.17) is 0 Å². The Balaban J connectivity index is 0.000000208. The fourth-order valence-electron chi connectivity index (χ4n) is 5.38. The van der Waals surface area contributed by atoms with Crippen LogP contribution in [0.3, 0.4) is 0 Å². The lowest BCUT2D eigenvalue weighted by molar-refractivity contribution is -0.138. The fraction of sp³-hybridized carbons (Fsp3) is 0.235. The molecule has 0 aliphatic heterocycles. The molecule has 2 aromatic carbocycles. The standard InChI is InChI=1S/2C17H14F4N4O2/c2*1-9-23-15(5-16(27)24-9)25-7-10(6-22-25)13(8-26)12-3-2-11(4-14(12)18)17(19,20)21/h2*2-7,13,26H,8H2,1H3,(H,23,24,27)/t2*13-/m10/s1. The molecule has 0 fully saturated rings. The van der Waals surface area contributed by atoms with E-state index < -0.39 is 60.2 Å². The number of halogens is 8. The molecule has 0 aliphatic rings. The van der Waals surface area contributed by atoms with Crippen molar-refractivity contribution in [2.75, 3.05) is 13.2 Å². The average molecular weight is 765 g/mol. The molecule has 54 heavy (non-hydrogen) atoms. The lowest BCUT2D eigenvalue weighted by Gasteiger charge is -2.15. The number of rotatable bonds is 8. The van der Waals surface area contributed by atoms with Crippen molar-refractivity contribution in [2.24, 2.45) is 0 Å². The second kappa shape index (κ2) is 15.5. The van der Waals surface area contributed by atoms with Crippen LogP contribution in [0.5, 0.6) is 0 Å². The second-order valence-electron chi connectivity index (χ2n) is 11.8. The van der Waals surface area contributed by atoms with Gasteiger partial charge in [0.1, 0.15) is 23.3 Å². The molecule has 0 saturated heterocycles. The lowest BCUT2D eigenvalue weighted by Crippen LogP contribution is -2.12. The normalized spacial score (nSPS) is 13.0. The van der Waals surface area contributed by atoms with E-state index >= 15 is 0 Å². The zero-order chi connectivity index (χ0) is 39.5. The third kappa shape index (κ3) is 8.94. The third-order valence-electron chi connectivity index (χ3n) is 7.94. The molecule has 4 heterocycles. The molecule has 0 radical (unpaired) electrons. The van der Waals surface area contributed by atoms with Crippen molar-refractivity contribution in [3.8, 4) is 11.6 Å². The number of aromatic nitrogens is 8. The molecule has 4 N–H and O–H groups in total. The first kappa shape index (κ1) is 39.2. The van der Waals surface area contributed by atoms with Gasteiger partial charge in [0, 0.05) is 47.5 Å². The van der Waals surface area contributed by atoms with Crippen LogP contribution in [0.2, 0.25) is 0 Å². The molecule has 2 atom stereocenters. The maximum atomic E-state index is 14.2. The number of hydrogen-bond donors (Lipinski definition) is 4. The maximum absolute atomic E-state index is 14.2. The maximum Gasteiger partial charge on any atom is 0.416 e. The topological polar surface area (TPSA) is 168 Å². The van der Waals surface area contributed by atoms with Crippen molar-refractivity contribution in [1.82, 2.24) is 39.5 Å². The number of benzene rings is 2. The number of alkyl halides is 6. The van der Waals surface area contributed by atoms with Gasteiger partial charge < -0.3 is 20.2 Å². The Kier molecular flexibility index (Phi) is 11.3. The Bertz CT molecular complexity index is 2220. The Labute approximate surface area is 298 Å². The third-order valence-corrected chi connectivity index (χ3v) is 7.94. The van der Waals surface area contributed by atoms with Crippen molar-refractivity contribution >= 4 is 0 Å². The molecule has 0 saturated carbocycles. The van der Waals surface area contributed by atoms with E-state index in [-0.39, 0.29) is 33.9 Å². The first-order valence-electron chi connectivity index (χ1n) is 15.6. The van der Waals surface area contributed by atoms with Crippen molar-refractivity contribution < 1.29 is 45.3 Å². The monoisotopic (exact) mass is 764 g/mol. The predicted molar refractivity (Wildman–Crippen MR) is 174 cm³/mol. The molecule has 4 aromatic heterocycles. The number of nitrogens with zero attached hydrogens (tertiary/aromatic N) is 6. The molecule has 0 aliphatic carbocycles. The molecule has 284 valence electrons. The van der Waals surface area contributed by atoms with Gasteiger partial charge in [0.25, 0.3) is 11.1 Å². The van der Waals surface area contributed by atoms with Crippen molar-refractivity contribution in [1.29, 1.82) is 0 Å². The summed E-state index contributed by atoms with van der Waals surface area (Å²) in [6, 6.07) is 6.69. The molecule has 6 rings (SSSR count). The highest BCUT2D eigenvalue weighted by Gasteiger charge is 2.33. The molecular weight excluding hydrogens is 736 g/mol. The molecule has 6 aromatic rings. The van der Waals surface area contributed by atoms with Gasteiger partial charge in [-0.1, -0.05) is 12.1 Å². The Hall–Kier alpha value is -6.02. The molecule has 0 bridgehead atoms. The zero-order valence-corrected chi connectivity index (χ0v) is 27.9. The minimum absolute atomic E-state index is 0.0971. The van der Waals surface area contributed by atoms with Crippen LogP contribution in [-0.4, -0.2) is 62.9 Å². The van der Waals surface area contributed by atoms with Gasteiger partial charge in [0.2, 0.25) is 0 Å². The van der Waals surface area contributed by atoms with Gasteiger partial charge in [-0.2, -0.15) is 36.5 Å². The van der Waals surface area contributed by atoms with E-state index in [0.717, 1.165) is 24.3 Å². The van der Waals surface area contributed by atoms with E-state index in [1.165, 1.54) is 46.3 Å². The number of aliphatic hydroxyl groups is 2. The smallest absolute Gasteiger partial charge is 0.395 e. The number of hydrogen-bond acceptors (Lipinski definition) is 8. The largest absolute Gasteiger partial charge is 0.416 e. The first-order chi connectivity index (χ1) is 25.4. The van der Waals surface area contributed by atoms with Gasteiger partial charge in [-0.25, -0.2) is 28.1 Å². The van der Waals surface area contributed by atoms with Crippen LogP contribution in [0.4, 0.5) is 35.1 Å². The summed E-state index contributed by atoms with van der Waals surface area (Å²) in [4.78, 5) is 36.3. The van der Waals surface area contributed by atoms with E-state index in [1.807, 2.05) is 0 Å². The van der Waals surface area contributed by atoms with Crippen LogP contribution in [0.15, 0.2) is 82.9 Å². The van der Waals surface area contributed by atoms with Crippen LogP contribution in [0.25, 0.3) is 11.6 Å². The van der Waals surface area contributed by atoms with Crippen LogP contribution in [0, 0.1) is 25.5 Å². The minimum atomic E-state index is -4.66. The quantitative estimate of drug-likeness (QED) is 0.156. The van der Waals surface area contributed by atoms with Crippen LogP contribution >= 0.6 is 0 Å². The van der Waals surface area contributed by atoms with Crippen LogP contribution in [-0.2, 0) is 12.4 Å². The summed E-state index contributed by atoms with van der Waals surface area (Å²) in [5.74, 6) is -2.86. The SMILES string of the molecule is Cc1nc(-n2cc([C@@H](CO)c3ccc(C(F)(F)F)cc3F)cn2)cc(=O)[nH]1.Cc1nc(-n2cc([C@H](CO)c3ccc(C(F)(F)F)cc3F)cn2)cc(=O)[nH]1. The highest BCUT2D eigenvalue weighted by atomic mass is 19.4. The molecular formula is C34H28F8N8O4. The van der Waals surface area contributed by atoms with Crippen LogP contribution in [0.1, 0.15) is 56.9 Å². The fourth-order valence-corrected chi connectivity index (χ4v) is 5.38. The van der Waals surface area contributed by atoms with Gasteiger partial charge in [-0.15, -0.1) is 0 Å². The molecule has 0 unspecified atom stereocenters. The minimum Gasteiger partial charge on any atom is -0.395 e. The van der Waals surface area contributed by atoms with Gasteiger partial charge in [-0.3, -0.25) is 9.59 Å². The number of aromatic amines is 2. The number of H-pyrrole nitrogens is 2. The summed E-state index contributed by atoms with van der Waals surface area (Å²) in [6.07, 6.45) is -3.81. The summed E-state index contributed by atoms with van der Waals surface area (Å²) in [7, 11) is 0. The molecule has 0 amide bonds. The molecule has 12 nitrogen and oxygen atoms in total. The Morgan fingerprint density at radius 1 is 0.648 bits per heavy atom. The number of aliphatic hydroxyl groups excluding tert-OH is 2. The van der Waals surface area contributed by atoms with Gasteiger partial charge >= 0.3 is 12.4 Å². The second-order valence-corrected chi connectivity index (χ2v) is 11.8. The highest BCUT2D eigenvalue weighted by molar-refractivity contribution is 5.37. The van der Waals surface area contributed by atoms with E-state index in [2.05, 4.69) is 30.1 Å². The molecule has 0 spiro atoms. The summed E-state index contributed by atoms with van der Waals surface area (Å²) in [5.41, 5.74) is -2.48. The molecule has 20 heteroatoms. The highest BCUT2D eigenvalue weighted by Crippen LogP contribution is 2.35. The van der Waals surface area contributed by atoms with Crippen LogP contribution < -0.4 is 11.1 Å². The van der Waals surface area contributed by atoms with E-state index in [9.17, 15) is 54.9 Å². The first-order valence-corrected chi connectivity index (χ1v) is 15.6. The summed E-state index contributed by atoms with van der Waals surface area (Å²) in [6.45, 7) is 2.08. The number of nitrogens with one attached hydrogen (secondary N) is 2. The number of aryl methyl sites for hydroxylation is 2. The van der Waals surface area contributed by atoms with Crippen molar-refractivity contribution in [3.63, 3.8) is 0 Å². The Morgan fingerprint density at radius 2 is 1.02 bits per heavy atom. The van der Waals surface area contributed by atoms with Gasteiger partial charge in [0.05, 0.1) is 36.7 Å². The van der Waals surface area contributed by atoms with Crippen molar-refractivity contribution in [2.45, 2.75) is 38.0 Å². The predicted octanol–water partition coefficient (Wildman–Crippen LogP) is 5.09. The Morgan fingerprint density at radius 3 is 1.31 bits per heavy atom.